The van der Waals surface area contributed by atoms with E-state index >= 15 is 0 Å². The van der Waals surface area contributed by atoms with E-state index < -0.39 is 10.0 Å². The maximum Gasteiger partial charge on any atom is 0.243 e. The summed E-state index contributed by atoms with van der Waals surface area (Å²) >= 11 is 0. The molecule has 0 amide bonds. The van der Waals surface area contributed by atoms with Crippen molar-refractivity contribution in [1.29, 1.82) is 0 Å². The first-order chi connectivity index (χ1) is 11.9. The summed E-state index contributed by atoms with van der Waals surface area (Å²) < 4.78 is 33.8. The van der Waals surface area contributed by atoms with Crippen LogP contribution in [-0.2, 0) is 10.0 Å². The molecule has 0 N–H and O–H groups in total. The molecule has 0 radical (unpaired) electrons. The van der Waals surface area contributed by atoms with Crippen molar-refractivity contribution >= 4 is 10.0 Å². The minimum Gasteiger partial charge on any atom is -0.496 e. The number of hydrogen-bond donors (Lipinski definition) is 0. The lowest BCUT2D eigenvalue weighted by molar-refractivity contribution is 0.203. The summed E-state index contributed by atoms with van der Waals surface area (Å²) in [6.45, 7) is 4.59. The molecule has 1 heterocycles. The topological polar surface area (TPSA) is 46.6 Å². The van der Waals surface area contributed by atoms with Crippen LogP contribution in [0.15, 0.2) is 53.4 Å². The second kappa shape index (κ2) is 7.18. The summed E-state index contributed by atoms with van der Waals surface area (Å²) in [7, 11) is -1.93. The van der Waals surface area contributed by atoms with Crippen molar-refractivity contribution in [3.05, 3.63) is 59.7 Å². The Morgan fingerprint density at radius 1 is 1.04 bits per heavy atom. The molecule has 0 aliphatic carbocycles. The first kappa shape index (κ1) is 18.0. The van der Waals surface area contributed by atoms with Crippen molar-refractivity contribution in [1.82, 2.24) is 4.31 Å². The van der Waals surface area contributed by atoms with Crippen LogP contribution in [0.1, 0.15) is 36.9 Å². The molecule has 2 aromatic carbocycles. The zero-order chi connectivity index (χ0) is 18.0. The largest absolute Gasteiger partial charge is 0.496 e. The number of rotatable bonds is 4. The molecule has 1 aliphatic rings. The van der Waals surface area contributed by atoms with Gasteiger partial charge >= 0.3 is 0 Å². The van der Waals surface area contributed by atoms with Crippen molar-refractivity contribution in [2.24, 2.45) is 5.92 Å². The molecule has 1 saturated heterocycles. The second-order valence-electron chi connectivity index (χ2n) is 6.83. The van der Waals surface area contributed by atoms with Crippen molar-refractivity contribution in [3.8, 4) is 5.75 Å². The number of methoxy groups -OCH3 is 1. The summed E-state index contributed by atoms with van der Waals surface area (Å²) in [5.41, 5.74) is 1.99. The summed E-state index contributed by atoms with van der Waals surface area (Å²) in [5.74, 6) is 1.08. The lowest BCUT2D eigenvalue weighted by Crippen LogP contribution is -2.41. The number of piperidine rings is 1. The third kappa shape index (κ3) is 3.58. The van der Waals surface area contributed by atoms with E-state index in [9.17, 15) is 8.42 Å². The Balaban J connectivity index is 2.04. The van der Waals surface area contributed by atoms with E-state index in [-0.39, 0.29) is 6.04 Å². The van der Waals surface area contributed by atoms with Crippen molar-refractivity contribution < 1.29 is 13.2 Å². The second-order valence-corrected chi connectivity index (χ2v) is 8.72. The minimum atomic E-state index is -3.56. The van der Waals surface area contributed by atoms with Crippen LogP contribution in [0.2, 0.25) is 0 Å². The molecular weight excluding hydrogens is 334 g/mol. The van der Waals surface area contributed by atoms with Crippen LogP contribution in [0.5, 0.6) is 5.75 Å². The highest BCUT2D eigenvalue weighted by Crippen LogP contribution is 2.40. The first-order valence-corrected chi connectivity index (χ1v) is 10.1. The average Bonchev–Trinajstić information content (AvgIpc) is 2.62. The van der Waals surface area contributed by atoms with Gasteiger partial charge in [0.15, 0.2) is 0 Å². The molecule has 25 heavy (non-hydrogen) atoms. The first-order valence-electron chi connectivity index (χ1n) is 8.65. The molecule has 0 bridgehead atoms. The van der Waals surface area contributed by atoms with E-state index in [1.165, 1.54) is 0 Å². The third-order valence-corrected chi connectivity index (χ3v) is 6.79. The average molecular weight is 359 g/mol. The van der Waals surface area contributed by atoms with Gasteiger partial charge in [0.05, 0.1) is 18.0 Å². The van der Waals surface area contributed by atoms with Crippen molar-refractivity contribution in [3.63, 3.8) is 0 Å². The highest BCUT2D eigenvalue weighted by atomic mass is 32.2. The standard InChI is InChI=1S/C20H25NO3S/c1-15-8-11-17(12-9-15)25(22,23)21-14-16(2)10-13-19(21)18-6-4-5-7-20(18)24-3/h4-9,11-12,16,19H,10,13-14H2,1-3H3/t16-,19-/m0/s1. The lowest BCUT2D eigenvalue weighted by Gasteiger charge is -2.38. The van der Waals surface area contributed by atoms with E-state index in [4.69, 9.17) is 4.74 Å². The highest BCUT2D eigenvalue weighted by Gasteiger charge is 2.37. The fourth-order valence-corrected chi connectivity index (χ4v) is 5.23. The van der Waals surface area contributed by atoms with Gasteiger partial charge in [-0.1, -0.05) is 42.8 Å². The summed E-state index contributed by atoms with van der Waals surface area (Å²) in [4.78, 5) is 0.354. The van der Waals surface area contributed by atoms with E-state index in [1.807, 2.05) is 43.3 Å². The van der Waals surface area contributed by atoms with Gasteiger partial charge in [0.25, 0.3) is 0 Å². The predicted octanol–water partition coefficient (Wildman–Crippen LogP) is 4.17. The fraction of sp³-hybridized carbons (Fsp3) is 0.400. The monoisotopic (exact) mass is 359 g/mol. The zero-order valence-corrected chi connectivity index (χ0v) is 15.8. The number of nitrogens with zero attached hydrogens (tertiary/aromatic N) is 1. The van der Waals surface area contributed by atoms with Gasteiger partial charge in [-0.15, -0.1) is 0 Å². The van der Waals surface area contributed by atoms with E-state index in [1.54, 1.807) is 23.5 Å². The normalized spacial score (nSPS) is 21.9. The van der Waals surface area contributed by atoms with Crippen LogP contribution >= 0.6 is 0 Å². The molecule has 2 atom stereocenters. The number of benzene rings is 2. The van der Waals surface area contributed by atoms with Crippen LogP contribution in [0, 0.1) is 12.8 Å². The van der Waals surface area contributed by atoms with Gasteiger partial charge in [-0.05, 0) is 43.9 Å². The van der Waals surface area contributed by atoms with Crippen LogP contribution in [0.4, 0.5) is 0 Å². The van der Waals surface area contributed by atoms with Crippen LogP contribution in [0.3, 0.4) is 0 Å². The van der Waals surface area contributed by atoms with E-state index in [0.717, 1.165) is 29.7 Å². The molecule has 3 rings (SSSR count). The van der Waals surface area contributed by atoms with Crippen LogP contribution in [-0.4, -0.2) is 26.4 Å². The third-order valence-electron chi connectivity index (χ3n) is 4.90. The van der Waals surface area contributed by atoms with Crippen LogP contribution < -0.4 is 4.74 Å². The summed E-state index contributed by atoms with van der Waals surface area (Å²) in [6.07, 6.45) is 1.80. The summed E-state index contributed by atoms with van der Waals surface area (Å²) in [5, 5.41) is 0. The Labute approximate surface area is 150 Å². The van der Waals surface area contributed by atoms with Gasteiger partial charge in [0.2, 0.25) is 10.0 Å². The molecule has 0 spiro atoms. The molecule has 0 unspecified atom stereocenters. The molecule has 0 saturated carbocycles. The fourth-order valence-electron chi connectivity index (χ4n) is 3.48. The molecule has 134 valence electrons. The number of para-hydroxylation sites is 1. The van der Waals surface area contributed by atoms with Crippen molar-refractivity contribution in [2.45, 2.75) is 37.6 Å². The number of aryl methyl sites for hydroxylation is 1. The highest BCUT2D eigenvalue weighted by molar-refractivity contribution is 7.89. The molecule has 2 aromatic rings. The van der Waals surface area contributed by atoms with Gasteiger partial charge in [-0.3, -0.25) is 0 Å². The van der Waals surface area contributed by atoms with Crippen molar-refractivity contribution in [2.75, 3.05) is 13.7 Å². The Hall–Kier alpha value is -1.85. The van der Waals surface area contributed by atoms with E-state index in [0.29, 0.717) is 17.4 Å². The maximum atomic E-state index is 13.3. The van der Waals surface area contributed by atoms with Gasteiger partial charge in [-0.2, -0.15) is 4.31 Å². The Morgan fingerprint density at radius 3 is 2.40 bits per heavy atom. The number of hydrogen-bond acceptors (Lipinski definition) is 3. The van der Waals surface area contributed by atoms with Gasteiger partial charge in [0.1, 0.15) is 5.75 Å². The molecule has 1 fully saturated rings. The Kier molecular flexibility index (Phi) is 5.16. The minimum absolute atomic E-state index is 0.196. The van der Waals surface area contributed by atoms with Gasteiger partial charge in [-0.25, -0.2) is 8.42 Å². The van der Waals surface area contributed by atoms with Gasteiger partial charge < -0.3 is 4.74 Å². The molecular formula is C20H25NO3S. The smallest absolute Gasteiger partial charge is 0.243 e. The summed E-state index contributed by atoms with van der Waals surface area (Å²) in [6, 6.07) is 14.6. The maximum absolute atomic E-state index is 13.3. The molecule has 5 heteroatoms. The SMILES string of the molecule is COc1ccccc1[C@@H]1CC[C@H](C)CN1S(=O)(=O)c1ccc(C)cc1. The van der Waals surface area contributed by atoms with Gasteiger partial charge in [0, 0.05) is 12.1 Å². The quantitative estimate of drug-likeness (QED) is 0.823. The molecule has 0 aromatic heterocycles. The molecule has 1 aliphatic heterocycles. The molecule has 4 nitrogen and oxygen atoms in total. The van der Waals surface area contributed by atoms with Crippen LogP contribution in [0.25, 0.3) is 0 Å². The zero-order valence-electron chi connectivity index (χ0n) is 15.0. The Bertz CT molecular complexity index is 830. The Morgan fingerprint density at radius 2 is 1.72 bits per heavy atom. The predicted molar refractivity (Wildman–Crippen MR) is 99.2 cm³/mol. The number of ether oxygens (including phenoxy) is 1. The number of sulfonamides is 1. The lowest BCUT2D eigenvalue weighted by atomic mass is 9.91. The van der Waals surface area contributed by atoms with E-state index in [2.05, 4.69) is 6.92 Å².